The van der Waals surface area contributed by atoms with Crippen LogP contribution in [0.25, 0.3) is 250 Å². The van der Waals surface area contributed by atoms with Crippen molar-refractivity contribution >= 4 is 172 Å². The fourth-order valence-corrected chi connectivity index (χ4v) is 21.0. The lowest BCUT2D eigenvalue weighted by molar-refractivity contribution is 0.669. The second-order valence-corrected chi connectivity index (χ2v) is 33.3. The standard InChI is InChI=1S/C42H26O.C42H26S.C36H22O/c1-2-12-27(13-3-1)31-16-6-7-17-33(31)42-36-20-10-8-18-34(36)41(35-19-9-11-21-37(35)42)30-22-23-32-38-24-28-14-4-5-15-29(28)25-40(38)43-39(32)26-30;1-2-11-30-26-31(25-22-27(30)10-1)28-20-23-29(24-21-28)40-33-13-3-5-15-35(33)41(36-16-6-4-14-34(36)40)38-18-9-17-37-32-12-7-8-19-39(32)43-42(37)38;1-2-10-23(11-3-1)35-28-14-6-8-16-30(28)36(31-17-9-7-15-29(31)35)26-18-19-27-32-20-24-12-4-5-13-25(24)21-34(32)37-33(27)22-26/h2*1-26H;1-22H. The van der Waals surface area contributed by atoms with E-state index in [1.807, 2.05) is 11.3 Å². The molecule has 572 valence electrons. The maximum Gasteiger partial charge on any atom is 0.136 e. The van der Waals surface area contributed by atoms with Gasteiger partial charge in [-0.1, -0.05) is 388 Å². The zero-order valence-electron chi connectivity index (χ0n) is 66.9. The molecule has 26 aromatic rings. The lowest BCUT2D eigenvalue weighted by Gasteiger charge is -2.19. The summed E-state index contributed by atoms with van der Waals surface area (Å²) < 4.78 is 15.6. The van der Waals surface area contributed by atoms with Crippen molar-refractivity contribution in [1.29, 1.82) is 0 Å². The van der Waals surface area contributed by atoms with Crippen LogP contribution in [0.15, 0.2) is 458 Å². The van der Waals surface area contributed by atoms with Crippen molar-refractivity contribution in [2.75, 3.05) is 0 Å². The van der Waals surface area contributed by atoms with Gasteiger partial charge >= 0.3 is 0 Å². The van der Waals surface area contributed by atoms with Gasteiger partial charge in [0.05, 0.1) is 0 Å². The van der Waals surface area contributed by atoms with Gasteiger partial charge in [0.15, 0.2) is 0 Å². The van der Waals surface area contributed by atoms with Crippen molar-refractivity contribution < 1.29 is 8.83 Å². The predicted octanol–water partition coefficient (Wildman–Crippen LogP) is 34.9. The van der Waals surface area contributed by atoms with Crippen LogP contribution in [0.5, 0.6) is 0 Å². The molecule has 0 radical (unpaired) electrons. The molecule has 3 heteroatoms. The Balaban J connectivity index is 0.000000104. The normalized spacial score (nSPS) is 11.7. The van der Waals surface area contributed by atoms with Gasteiger partial charge in [-0.2, -0.15) is 0 Å². The van der Waals surface area contributed by atoms with Crippen molar-refractivity contribution in [3.05, 3.63) is 449 Å². The summed E-state index contributed by atoms with van der Waals surface area (Å²) in [4.78, 5) is 0. The highest BCUT2D eigenvalue weighted by atomic mass is 32.1. The maximum atomic E-state index is 6.50. The Labute approximate surface area is 713 Å². The van der Waals surface area contributed by atoms with E-state index >= 15 is 0 Å². The van der Waals surface area contributed by atoms with Crippen molar-refractivity contribution in [3.8, 4) is 89.0 Å². The Hall–Kier alpha value is -15.8. The number of rotatable bonds is 8. The van der Waals surface area contributed by atoms with Crippen LogP contribution in [0.4, 0.5) is 0 Å². The number of fused-ring (bicyclic) bond motifs is 18. The third-order valence-corrected chi connectivity index (χ3v) is 26.5. The molecule has 23 aromatic carbocycles. The Bertz CT molecular complexity index is 8580. The molecule has 26 rings (SSSR count). The summed E-state index contributed by atoms with van der Waals surface area (Å²) in [6, 6.07) is 163. The van der Waals surface area contributed by atoms with E-state index in [2.05, 4.69) is 449 Å². The molecule has 0 aliphatic rings. The van der Waals surface area contributed by atoms with E-state index in [0.29, 0.717) is 0 Å². The van der Waals surface area contributed by atoms with E-state index in [1.54, 1.807) is 0 Å². The molecule has 3 heterocycles. The highest BCUT2D eigenvalue weighted by Gasteiger charge is 2.25. The van der Waals surface area contributed by atoms with Gasteiger partial charge in [0.2, 0.25) is 0 Å². The molecule has 0 saturated carbocycles. The molecule has 0 fully saturated rings. The molecule has 123 heavy (non-hydrogen) atoms. The molecule has 0 aliphatic heterocycles. The van der Waals surface area contributed by atoms with Crippen LogP contribution in [-0.4, -0.2) is 0 Å². The zero-order chi connectivity index (χ0) is 81.0. The minimum atomic E-state index is 0.912. The Morgan fingerprint density at radius 1 is 0.138 bits per heavy atom. The number of hydrogen-bond acceptors (Lipinski definition) is 3. The van der Waals surface area contributed by atoms with Crippen molar-refractivity contribution in [2.45, 2.75) is 0 Å². The molecule has 0 saturated heterocycles. The predicted molar refractivity (Wildman–Crippen MR) is 528 cm³/mol. The number of benzene rings is 23. The van der Waals surface area contributed by atoms with Gasteiger partial charge in [-0.15, -0.1) is 11.3 Å². The molecular formula is C120H74O2S. The summed E-state index contributed by atoms with van der Waals surface area (Å²) in [6.45, 7) is 0. The van der Waals surface area contributed by atoms with Crippen LogP contribution in [-0.2, 0) is 0 Å². The molecule has 2 nitrogen and oxygen atoms in total. The molecule has 0 spiro atoms. The summed E-state index contributed by atoms with van der Waals surface area (Å²) in [5.74, 6) is 0. The Morgan fingerprint density at radius 3 is 0.902 bits per heavy atom. The molecule has 0 atom stereocenters. The van der Waals surface area contributed by atoms with Gasteiger partial charge in [-0.05, 0) is 241 Å². The second-order valence-electron chi connectivity index (χ2n) is 32.2. The average Bonchev–Trinajstić information content (AvgIpc) is 1.05. The summed E-state index contributed by atoms with van der Waals surface area (Å²) >= 11 is 1.90. The fourth-order valence-electron chi connectivity index (χ4n) is 19.8. The van der Waals surface area contributed by atoms with Crippen molar-refractivity contribution in [3.63, 3.8) is 0 Å². The topological polar surface area (TPSA) is 26.3 Å². The number of furan rings is 2. The van der Waals surface area contributed by atoms with Crippen LogP contribution in [0.3, 0.4) is 0 Å². The summed E-state index contributed by atoms with van der Waals surface area (Å²) in [5, 5.41) is 29.8. The first-order chi connectivity index (χ1) is 61.0. The molecule has 3 aromatic heterocycles. The van der Waals surface area contributed by atoms with Gasteiger partial charge in [0.25, 0.3) is 0 Å². The molecular weight excluding hydrogens is 1510 g/mol. The maximum absolute atomic E-state index is 6.50. The third-order valence-electron chi connectivity index (χ3n) is 25.3. The van der Waals surface area contributed by atoms with E-state index in [4.69, 9.17) is 8.83 Å². The van der Waals surface area contributed by atoms with Crippen LogP contribution in [0.1, 0.15) is 0 Å². The zero-order valence-corrected chi connectivity index (χ0v) is 67.8. The summed E-state index contributed by atoms with van der Waals surface area (Å²) in [6.07, 6.45) is 0. The molecule has 0 N–H and O–H groups in total. The van der Waals surface area contributed by atoms with E-state index in [1.165, 1.54) is 201 Å². The molecule has 0 unspecified atom stereocenters. The quantitative estimate of drug-likeness (QED) is 0.142. The van der Waals surface area contributed by atoms with Crippen LogP contribution in [0, 0.1) is 0 Å². The minimum Gasteiger partial charge on any atom is -0.456 e. The third kappa shape index (κ3) is 12.1. The Morgan fingerprint density at radius 2 is 0.439 bits per heavy atom. The van der Waals surface area contributed by atoms with Gasteiger partial charge in [0, 0.05) is 47.3 Å². The van der Waals surface area contributed by atoms with Gasteiger partial charge in [0.1, 0.15) is 22.3 Å². The van der Waals surface area contributed by atoms with Gasteiger partial charge < -0.3 is 8.83 Å². The van der Waals surface area contributed by atoms with Crippen molar-refractivity contribution in [2.24, 2.45) is 0 Å². The lowest BCUT2D eigenvalue weighted by atomic mass is 9.84. The van der Waals surface area contributed by atoms with Gasteiger partial charge in [-0.3, -0.25) is 0 Å². The molecule has 0 amide bonds. The number of thiophene rings is 1. The minimum absolute atomic E-state index is 0.912. The molecule has 0 bridgehead atoms. The first-order valence-corrected chi connectivity index (χ1v) is 43.1. The van der Waals surface area contributed by atoms with Crippen molar-refractivity contribution in [1.82, 2.24) is 0 Å². The lowest BCUT2D eigenvalue weighted by Crippen LogP contribution is -1.92. The SMILES string of the molecule is c1ccc(-c2c3ccccc3c(-c3ccc4c(c3)oc3cc5ccccc5cc34)c3ccccc23)cc1.c1ccc(-c2ccccc2-c2c3ccccc3c(-c3ccc4c(c3)oc3cc5ccccc5cc34)c3ccccc23)cc1.c1ccc2cc(-c3ccc(-c4c5ccccc5c(-c5cccc6c5sc5ccccc56)c5ccccc45)cc3)ccc2c1. The average molecular weight is 1580 g/mol. The van der Waals surface area contributed by atoms with Crippen LogP contribution < -0.4 is 0 Å². The largest absolute Gasteiger partial charge is 0.456 e. The highest BCUT2D eigenvalue weighted by molar-refractivity contribution is 7.26. The van der Waals surface area contributed by atoms with E-state index in [0.717, 1.165) is 49.4 Å². The van der Waals surface area contributed by atoms with E-state index < -0.39 is 0 Å². The van der Waals surface area contributed by atoms with E-state index in [9.17, 15) is 0 Å². The van der Waals surface area contributed by atoms with E-state index in [-0.39, 0.29) is 0 Å². The Kier molecular flexibility index (Phi) is 17.2. The monoisotopic (exact) mass is 1580 g/mol. The summed E-state index contributed by atoms with van der Waals surface area (Å²) in [7, 11) is 0. The number of hydrogen-bond donors (Lipinski definition) is 0. The molecule has 0 aliphatic carbocycles. The summed E-state index contributed by atoms with van der Waals surface area (Å²) in [5.41, 5.74) is 23.6. The first-order valence-electron chi connectivity index (χ1n) is 42.2. The second kappa shape index (κ2) is 29.6. The fraction of sp³-hybridized carbons (Fsp3) is 0. The van der Waals surface area contributed by atoms with Gasteiger partial charge in [-0.25, -0.2) is 0 Å². The highest BCUT2D eigenvalue weighted by Crippen LogP contribution is 2.52. The van der Waals surface area contributed by atoms with Crippen LogP contribution in [0.2, 0.25) is 0 Å². The smallest absolute Gasteiger partial charge is 0.136 e. The first kappa shape index (κ1) is 71.3. The van der Waals surface area contributed by atoms with Crippen LogP contribution >= 0.6 is 11.3 Å².